The molecule has 0 bridgehead atoms. The summed E-state index contributed by atoms with van der Waals surface area (Å²) in [6.45, 7) is 0.698. The SMILES string of the molecule is COCCn1cccc(N2C[C@@H](c3ccc(Cl)cc3)C(NC(=O)c3ccc(OC(F)(F)F)cc3)C2=O)c1=O. The van der Waals surface area contributed by atoms with E-state index in [-0.39, 0.29) is 23.4 Å². The average molecular weight is 550 g/mol. The highest BCUT2D eigenvalue weighted by atomic mass is 35.5. The van der Waals surface area contributed by atoms with Gasteiger partial charge in [0.1, 0.15) is 17.5 Å². The number of rotatable bonds is 8. The number of hydrogen-bond acceptors (Lipinski definition) is 5. The van der Waals surface area contributed by atoms with Gasteiger partial charge in [0, 0.05) is 42.9 Å². The molecule has 3 aromatic rings. The lowest BCUT2D eigenvalue weighted by Crippen LogP contribution is -2.44. The van der Waals surface area contributed by atoms with Crippen molar-refractivity contribution in [1.29, 1.82) is 0 Å². The number of aromatic nitrogens is 1. The molecule has 1 N–H and O–H groups in total. The molecule has 1 aromatic heterocycles. The fraction of sp³-hybridized carbons (Fsp3) is 0.269. The number of methoxy groups -OCH3 is 1. The Kier molecular flexibility index (Phi) is 8.08. The van der Waals surface area contributed by atoms with Crippen molar-refractivity contribution in [1.82, 2.24) is 9.88 Å². The monoisotopic (exact) mass is 549 g/mol. The van der Waals surface area contributed by atoms with Crippen molar-refractivity contribution in [3.05, 3.63) is 93.4 Å². The number of alkyl halides is 3. The van der Waals surface area contributed by atoms with Crippen LogP contribution in [0.3, 0.4) is 0 Å². The second kappa shape index (κ2) is 11.3. The topological polar surface area (TPSA) is 89.9 Å². The van der Waals surface area contributed by atoms with Gasteiger partial charge >= 0.3 is 6.36 Å². The number of halogens is 4. The van der Waals surface area contributed by atoms with E-state index in [9.17, 15) is 27.6 Å². The van der Waals surface area contributed by atoms with Crippen LogP contribution in [0, 0.1) is 0 Å². The summed E-state index contributed by atoms with van der Waals surface area (Å²) in [5.41, 5.74) is 0.500. The molecule has 0 radical (unpaired) electrons. The van der Waals surface area contributed by atoms with Crippen molar-refractivity contribution >= 4 is 29.1 Å². The molecule has 1 unspecified atom stereocenters. The second-order valence-electron chi connectivity index (χ2n) is 8.51. The number of anilines is 1. The summed E-state index contributed by atoms with van der Waals surface area (Å²) >= 11 is 6.02. The Bertz CT molecular complexity index is 1360. The van der Waals surface area contributed by atoms with E-state index in [0.717, 1.165) is 24.3 Å². The van der Waals surface area contributed by atoms with Crippen LogP contribution in [0.2, 0.25) is 5.02 Å². The number of carbonyl (C=O) groups is 2. The van der Waals surface area contributed by atoms with Gasteiger partial charge in [0.15, 0.2) is 0 Å². The maximum absolute atomic E-state index is 13.6. The standard InChI is InChI=1S/C26H23ClF3N3O5/c1-37-14-13-32-12-2-3-21(24(32)35)33-15-20(16-4-8-18(27)9-5-16)22(25(33)36)31-23(34)17-6-10-19(11-7-17)38-26(28,29)30/h2-12,20,22H,13-15H2,1H3,(H,31,34)/t20-,22?/m0/s1. The zero-order chi connectivity index (χ0) is 27.4. The molecule has 1 aliphatic rings. The molecule has 200 valence electrons. The first-order chi connectivity index (χ1) is 18.1. The van der Waals surface area contributed by atoms with Gasteiger partial charge in [-0.3, -0.25) is 14.4 Å². The van der Waals surface area contributed by atoms with Crippen molar-refractivity contribution in [2.24, 2.45) is 0 Å². The molecule has 1 fully saturated rings. The van der Waals surface area contributed by atoms with Crippen molar-refractivity contribution in [3.63, 3.8) is 0 Å². The number of amides is 2. The van der Waals surface area contributed by atoms with E-state index in [1.807, 2.05) is 0 Å². The predicted molar refractivity (Wildman–Crippen MR) is 134 cm³/mol. The molecule has 38 heavy (non-hydrogen) atoms. The van der Waals surface area contributed by atoms with Crippen LogP contribution in [0.5, 0.6) is 5.75 Å². The summed E-state index contributed by atoms with van der Waals surface area (Å²) in [4.78, 5) is 41.0. The molecular weight excluding hydrogens is 527 g/mol. The number of nitrogens with one attached hydrogen (secondary N) is 1. The van der Waals surface area contributed by atoms with Crippen LogP contribution in [0.25, 0.3) is 0 Å². The Morgan fingerprint density at radius 3 is 2.39 bits per heavy atom. The van der Waals surface area contributed by atoms with E-state index >= 15 is 0 Å². The Labute approximate surface area is 220 Å². The molecular formula is C26H23ClF3N3O5. The van der Waals surface area contributed by atoms with E-state index in [0.29, 0.717) is 23.7 Å². The maximum Gasteiger partial charge on any atom is 0.573 e. The number of carbonyl (C=O) groups excluding carboxylic acids is 2. The highest BCUT2D eigenvalue weighted by molar-refractivity contribution is 6.30. The molecule has 2 heterocycles. The third-order valence-corrected chi connectivity index (χ3v) is 6.33. The zero-order valence-electron chi connectivity index (χ0n) is 20.1. The van der Waals surface area contributed by atoms with Crippen molar-refractivity contribution in [3.8, 4) is 5.75 Å². The Balaban J connectivity index is 1.62. The third-order valence-electron chi connectivity index (χ3n) is 6.08. The number of benzene rings is 2. The quantitative estimate of drug-likeness (QED) is 0.459. The van der Waals surface area contributed by atoms with Gasteiger partial charge in [-0.2, -0.15) is 0 Å². The second-order valence-corrected chi connectivity index (χ2v) is 8.95. The van der Waals surface area contributed by atoms with Gasteiger partial charge in [0.25, 0.3) is 11.5 Å². The molecule has 0 saturated carbocycles. The fourth-order valence-electron chi connectivity index (χ4n) is 4.25. The largest absolute Gasteiger partial charge is 0.573 e. The van der Waals surface area contributed by atoms with Crippen molar-refractivity contribution in [2.45, 2.75) is 24.9 Å². The van der Waals surface area contributed by atoms with Gasteiger partial charge in [-0.1, -0.05) is 23.7 Å². The molecule has 1 saturated heterocycles. The van der Waals surface area contributed by atoms with E-state index < -0.39 is 35.9 Å². The van der Waals surface area contributed by atoms with Gasteiger partial charge in [-0.15, -0.1) is 13.2 Å². The summed E-state index contributed by atoms with van der Waals surface area (Å²) in [5, 5.41) is 3.18. The van der Waals surface area contributed by atoms with E-state index in [1.54, 1.807) is 36.5 Å². The van der Waals surface area contributed by atoms with E-state index in [1.165, 1.54) is 22.6 Å². The molecule has 0 aliphatic carbocycles. The van der Waals surface area contributed by atoms with Gasteiger partial charge in [-0.05, 0) is 54.1 Å². The van der Waals surface area contributed by atoms with Crippen LogP contribution in [0.1, 0.15) is 21.8 Å². The lowest BCUT2D eigenvalue weighted by Gasteiger charge is -2.19. The first kappa shape index (κ1) is 27.2. The fourth-order valence-corrected chi connectivity index (χ4v) is 4.37. The lowest BCUT2D eigenvalue weighted by atomic mass is 9.94. The van der Waals surface area contributed by atoms with Crippen molar-refractivity contribution in [2.75, 3.05) is 25.2 Å². The Morgan fingerprint density at radius 2 is 1.76 bits per heavy atom. The molecule has 2 amide bonds. The van der Waals surface area contributed by atoms with E-state index in [4.69, 9.17) is 16.3 Å². The van der Waals surface area contributed by atoms with Gasteiger partial charge in [0.2, 0.25) is 5.91 Å². The summed E-state index contributed by atoms with van der Waals surface area (Å²) in [6, 6.07) is 13.2. The number of pyridine rings is 1. The molecule has 12 heteroatoms. The predicted octanol–water partition coefficient (Wildman–Crippen LogP) is 3.98. The van der Waals surface area contributed by atoms with Crippen LogP contribution in [0.15, 0.2) is 71.7 Å². The minimum absolute atomic E-state index is 0.0299. The molecule has 2 aromatic carbocycles. The smallest absolute Gasteiger partial charge is 0.406 e. The number of hydrogen-bond donors (Lipinski definition) is 1. The summed E-state index contributed by atoms with van der Waals surface area (Å²) < 4.78 is 47.7. The summed E-state index contributed by atoms with van der Waals surface area (Å²) in [5.74, 6) is -2.20. The molecule has 1 aliphatic heterocycles. The first-order valence-corrected chi connectivity index (χ1v) is 11.9. The maximum atomic E-state index is 13.6. The van der Waals surface area contributed by atoms with Crippen LogP contribution < -0.4 is 20.5 Å². The normalized spacial score (nSPS) is 17.5. The minimum atomic E-state index is -4.87. The highest BCUT2D eigenvalue weighted by Gasteiger charge is 2.43. The van der Waals surface area contributed by atoms with Gasteiger partial charge in [0.05, 0.1) is 6.61 Å². The Morgan fingerprint density at radius 1 is 1.08 bits per heavy atom. The molecule has 0 spiro atoms. The number of nitrogens with zero attached hydrogens (tertiary/aromatic N) is 2. The first-order valence-electron chi connectivity index (χ1n) is 11.5. The third kappa shape index (κ3) is 6.17. The Hall–Kier alpha value is -3.83. The summed E-state index contributed by atoms with van der Waals surface area (Å²) in [7, 11) is 1.51. The summed E-state index contributed by atoms with van der Waals surface area (Å²) in [6.07, 6.45) is -3.28. The highest BCUT2D eigenvalue weighted by Crippen LogP contribution is 2.32. The van der Waals surface area contributed by atoms with Crippen LogP contribution in [-0.4, -0.2) is 49.0 Å². The van der Waals surface area contributed by atoms with Crippen LogP contribution >= 0.6 is 11.6 Å². The average Bonchev–Trinajstić information content (AvgIpc) is 3.19. The molecule has 4 rings (SSSR count). The zero-order valence-corrected chi connectivity index (χ0v) is 20.8. The van der Waals surface area contributed by atoms with Crippen LogP contribution in [-0.2, 0) is 16.1 Å². The van der Waals surface area contributed by atoms with E-state index in [2.05, 4.69) is 10.1 Å². The van der Waals surface area contributed by atoms with Gasteiger partial charge < -0.3 is 24.3 Å². The van der Waals surface area contributed by atoms with Crippen molar-refractivity contribution < 1.29 is 32.2 Å². The molecule has 2 atom stereocenters. The van der Waals surface area contributed by atoms with Gasteiger partial charge in [-0.25, -0.2) is 0 Å². The number of ether oxygens (including phenoxy) is 2. The van der Waals surface area contributed by atoms with Crippen LogP contribution in [0.4, 0.5) is 18.9 Å². The lowest BCUT2D eigenvalue weighted by molar-refractivity contribution is -0.274. The minimum Gasteiger partial charge on any atom is -0.406 e. The molecule has 8 nitrogen and oxygen atoms in total.